The first-order chi connectivity index (χ1) is 14.0. The van der Waals surface area contributed by atoms with Crippen LogP contribution in [0.4, 0.5) is 0 Å². The van der Waals surface area contributed by atoms with Crippen molar-refractivity contribution < 1.29 is 14.3 Å². The fraction of sp³-hybridized carbons (Fsp3) is 0.500. The molecule has 0 radical (unpaired) electrons. The fourth-order valence-corrected chi connectivity index (χ4v) is 4.65. The summed E-state index contributed by atoms with van der Waals surface area (Å²) in [6.45, 7) is 5.86. The molecular weight excluding hydrogens is 386 g/mol. The smallest absolute Gasteiger partial charge is 0.316 e. The van der Waals surface area contributed by atoms with Crippen LogP contribution in [0, 0.1) is 19.8 Å². The lowest BCUT2D eigenvalue weighted by Crippen LogP contribution is -2.43. The molecule has 7 heteroatoms. The van der Waals surface area contributed by atoms with E-state index in [2.05, 4.69) is 17.3 Å². The molecule has 1 aliphatic rings. The lowest BCUT2D eigenvalue weighted by molar-refractivity contribution is -0.146. The van der Waals surface area contributed by atoms with Gasteiger partial charge in [0.05, 0.1) is 27.7 Å². The predicted molar refractivity (Wildman–Crippen MR) is 114 cm³/mol. The van der Waals surface area contributed by atoms with E-state index in [0.717, 1.165) is 41.2 Å². The van der Waals surface area contributed by atoms with Crippen LogP contribution in [0.2, 0.25) is 0 Å². The van der Waals surface area contributed by atoms with Gasteiger partial charge >= 0.3 is 5.97 Å². The van der Waals surface area contributed by atoms with E-state index in [-0.39, 0.29) is 24.3 Å². The normalized spacial score (nSPS) is 19.0. The number of carbonyl (C=O) groups is 2. The summed E-state index contributed by atoms with van der Waals surface area (Å²) in [6.07, 6.45) is 4.50. The topological polar surface area (TPSA) is 73.2 Å². The van der Waals surface area contributed by atoms with E-state index in [9.17, 15) is 9.59 Å². The third-order valence-corrected chi connectivity index (χ3v) is 6.64. The van der Waals surface area contributed by atoms with Gasteiger partial charge in [-0.05, 0) is 44.7 Å². The zero-order valence-corrected chi connectivity index (χ0v) is 18.1. The van der Waals surface area contributed by atoms with Crippen LogP contribution < -0.4 is 5.32 Å². The minimum absolute atomic E-state index is 0.148. The number of thioether (sulfide) groups is 1. The van der Waals surface area contributed by atoms with Crippen molar-refractivity contribution in [2.45, 2.75) is 57.4 Å². The highest BCUT2D eigenvalue weighted by molar-refractivity contribution is 8.00. The molecule has 0 spiro atoms. The predicted octanol–water partition coefficient (Wildman–Crippen LogP) is 3.82. The monoisotopic (exact) mass is 415 g/mol. The van der Waals surface area contributed by atoms with E-state index in [4.69, 9.17) is 4.74 Å². The molecule has 0 bridgehead atoms. The molecule has 29 heavy (non-hydrogen) atoms. The van der Waals surface area contributed by atoms with Crippen molar-refractivity contribution in [1.29, 1.82) is 0 Å². The van der Waals surface area contributed by atoms with Gasteiger partial charge in [-0.2, -0.15) is 5.10 Å². The molecule has 1 aromatic carbocycles. The maximum atomic E-state index is 12.1. The van der Waals surface area contributed by atoms with Gasteiger partial charge in [-0.25, -0.2) is 4.68 Å². The number of rotatable bonds is 7. The van der Waals surface area contributed by atoms with Gasteiger partial charge in [0.25, 0.3) is 5.91 Å². The highest BCUT2D eigenvalue weighted by Crippen LogP contribution is 2.28. The molecule has 2 aromatic rings. The Kier molecular flexibility index (Phi) is 7.36. The van der Waals surface area contributed by atoms with Gasteiger partial charge in [0, 0.05) is 6.04 Å². The van der Waals surface area contributed by atoms with Crippen LogP contribution in [-0.2, 0) is 14.3 Å². The van der Waals surface area contributed by atoms with Crippen LogP contribution in [-0.4, -0.2) is 40.1 Å². The second kappa shape index (κ2) is 9.96. The molecule has 3 rings (SSSR count). The maximum Gasteiger partial charge on any atom is 0.316 e. The van der Waals surface area contributed by atoms with Crippen LogP contribution in [0.5, 0.6) is 0 Å². The number of hydrogen-bond acceptors (Lipinski definition) is 5. The lowest BCUT2D eigenvalue weighted by atomic mass is 9.86. The van der Waals surface area contributed by atoms with Gasteiger partial charge < -0.3 is 10.1 Å². The average Bonchev–Trinajstić information content (AvgIpc) is 3.01. The van der Waals surface area contributed by atoms with E-state index in [0.29, 0.717) is 5.92 Å². The summed E-state index contributed by atoms with van der Waals surface area (Å²) < 4.78 is 7.05. The summed E-state index contributed by atoms with van der Waals surface area (Å²) in [6, 6.07) is 10.1. The summed E-state index contributed by atoms with van der Waals surface area (Å²) in [7, 11) is 0. The van der Waals surface area contributed by atoms with Gasteiger partial charge in [0.2, 0.25) is 0 Å². The molecular formula is C22H29N3O3S. The molecule has 1 fully saturated rings. The second-order valence-electron chi connectivity index (χ2n) is 7.63. The number of aryl methyl sites for hydroxylation is 1. The molecule has 1 N–H and O–H groups in total. The third-order valence-electron chi connectivity index (χ3n) is 5.38. The molecule has 0 saturated heterocycles. The van der Waals surface area contributed by atoms with Crippen molar-refractivity contribution in [2.24, 2.45) is 5.92 Å². The SMILES string of the molecule is Cc1nn(-c2ccccc2)c(C)c1SCC(=O)OCC(=O)N[C@@H]1CCCC[C@@H]1C. The highest BCUT2D eigenvalue weighted by Gasteiger charge is 2.23. The number of ether oxygens (including phenoxy) is 1. The number of benzene rings is 1. The number of esters is 1. The number of nitrogens with zero attached hydrogens (tertiary/aromatic N) is 2. The molecule has 0 unspecified atom stereocenters. The van der Waals surface area contributed by atoms with Crippen molar-refractivity contribution in [3.8, 4) is 5.69 Å². The summed E-state index contributed by atoms with van der Waals surface area (Å²) in [5.74, 6) is 0.0143. The van der Waals surface area contributed by atoms with Gasteiger partial charge in [0.15, 0.2) is 6.61 Å². The van der Waals surface area contributed by atoms with Gasteiger partial charge in [0.1, 0.15) is 0 Å². The van der Waals surface area contributed by atoms with Crippen LogP contribution >= 0.6 is 11.8 Å². The fourth-order valence-electron chi connectivity index (χ4n) is 3.76. The zero-order valence-electron chi connectivity index (χ0n) is 17.3. The van der Waals surface area contributed by atoms with Crippen molar-refractivity contribution >= 4 is 23.6 Å². The number of para-hydroxylation sites is 1. The first kappa shape index (κ1) is 21.4. The highest BCUT2D eigenvalue weighted by atomic mass is 32.2. The van der Waals surface area contributed by atoms with Gasteiger partial charge in [-0.15, -0.1) is 11.8 Å². The van der Waals surface area contributed by atoms with Crippen molar-refractivity contribution in [3.63, 3.8) is 0 Å². The molecule has 156 valence electrons. The Morgan fingerprint density at radius 2 is 1.93 bits per heavy atom. The summed E-state index contributed by atoms with van der Waals surface area (Å²) in [5, 5.41) is 7.59. The number of aromatic nitrogens is 2. The number of carbonyl (C=O) groups excluding carboxylic acids is 2. The lowest BCUT2D eigenvalue weighted by Gasteiger charge is -2.29. The first-order valence-electron chi connectivity index (χ1n) is 10.1. The van der Waals surface area contributed by atoms with E-state index in [1.54, 1.807) is 0 Å². The Hall–Kier alpha value is -2.28. The van der Waals surface area contributed by atoms with Crippen molar-refractivity contribution in [2.75, 3.05) is 12.4 Å². The molecule has 1 amide bonds. The van der Waals surface area contributed by atoms with Crippen molar-refractivity contribution in [1.82, 2.24) is 15.1 Å². The van der Waals surface area contributed by atoms with Crippen molar-refractivity contribution in [3.05, 3.63) is 41.7 Å². The summed E-state index contributed by atoms with van der Waals surface area (Å²) in [4.78, 5) is 25.2. The standard InChI is InChI=1S/C22H29N3O3S/c1-15-9-7-8-12-19(15)23-20(26)13-28-21(27)14-29-22-16(2)24-25(17(22)3)18-10-5-4-6-11-18/h4-6,10-11,15,19H,7-9,12-14H2,1-3H3,(H,23,26)/t15-,19+/m0/s1. The maximum absolute atomic E-state index is 12.1. The Bertz CT molecular complexity index is 850. The van der Waals surface area contributed by atoms with Gasteiger partial charge in [-0.1, -0.05) is 38.0 Å². The zero-order chi connectivity index (χ0) is 20.8. The summed E-state index contributed by atoms with van der Waals surface area (Å²) >= 11 is 1.40. The van der Waals surface area contributed by atoms with Crippen LogP contribution in [0.3, 0.4) is 0 Å². The van der Waals surface area contributed by atoms with Crippen LogP contribution in [0.1, 0.15) is 44.0 Å². The Morgan fingerprint density at radius 1 is 1.21 bits per heavy atom. The van der Waals surface area contributed by atoms with Crippen LogP contribution in [0.25, 0.3) is 5.69 Å². The molecule has 6 nitrogen and oxygen atoms in total. The molecule has 1 heterocycles. The number of nitrogens with one attached hydrogen (secondary N) is 1. The van der Waals surface area contributed by atoms with E-state index < -0.39 is 5.97 Å². The van der Waals surface area contributed by atoms with Crippen LogP contribution in [0.15, 0.2) is 35.2 Å². The van der Waals surface area contributed by atoms with E-state index in [1.165, 1.54) is 18.2 Å². The molecule has 1 aromatic heterocycles. The molecule has 2 atom stereocenters. The average molecular weight is 416 g/mol. The second-order valence-corrected chi connectivity index (χ2v) is 8.62. The molecule has 1 aliphatic carbocycles. The Balaban J connectivity index is 1.48. The third kappa shape index (κ3) is 5.63. The largest absolute Gasteiger partial charge is 0.455 e. The van der Waals surface area contributed by atoms with E-state index >= 15 is 0 Å². The minimum atomic E-state index is -0.395. The first-order valence-corrected chi connectivity index (χ1v) is 11.1. The Labute approximate surface area is 176 Å². The quantitative estimate of drug-likeness (QED) is 0.550. The number of amides is 1. The van der Waals surface area contributed by atoms with Gasteiger partial charge in [-0.3, -0.25) is 9.59 Å². The minimum Gasteiger partial charge on any atom is -0.455 e. The molecule has 0 aliphatic heterocycles. The Morgan fingerprint density at radius 3 is 2.66 bits per heavy atom. The molecule has 1 saturated carbocycles. The summed E-state index contributed by atoms with van der Waals surface area (Å²) in [5.41, 5.74) is 2.83. The number of hydrogen-bond donors (Lipinski definition) is 1. The van der Waals surface area contributed by atoms with E-state index in [1.807, 2.05) is 48.9 Å².